The van der Waals surface area contributed by atoms with E-state index in [1.807, 2.05) is 0 Å². The molecule has 2 unspecified atom stereocenters. The second-order valence-electron chi connectivity index (χ2n) is 3.68. The van der Waals surface area contributed by atoms with Gasteiger partial charge in [0.05, 0.1) is 18.0 Å². The Balaban J connectivity index is 2.54. The molecule has 0 aliphatic rings. The lowest BCUT2D eigenvalue weighted by atomic mass is 10.1. The Labute approximate surface area is 110 Å². The van der Waals surface area contributed by atoms with Crippen molar-refractivity contribution in [3.8, 4) is 0 Å². The molecule has 1 aromatic carbocycles. The van der Waals surface area contributed by atoms with Crippen LogP contribution in [0.1, 0.15) is 17.3 Å². The van der Waals surface area contributed by atoms with Crippen LogP contribution in [-0.2, 0) is 0 Å². The summed E-state index contributed by atoms with van der Waals surface area (Å²) in [6.07, 6.45) is -0.777. The molecule has 1 aromatic rings. The van der Waals surface area contributed by atoms with Gasteiger partial charge in [0, 0.05) is 16.3 Å². The second kappa shape index (κ2) is 7.01. The van der Waals surface area contributed by atoms with E-state index in [0.29, 0.717) is 16.3 Å². The molecule has 0 saturated heterocycles. The molecular weight excluding hydrogens is 260 g/mol. The minimum Gasteiger partial charge on any atom is -0.394 e. The van der Waals surface area contributed by atoms with E-state index in [1.165, 1.54) is 11.8 Å². The Morgan fingerprint density at radius 2 is 2.00 bits per heavy atom. The highest BCUT2D eigenvalue weighted by Crippen LogP contribution is 2.18. The summed E-state index contributed by atoms with van der Waals surface area (Å²) in [6, 6.07) is 6.72. The van der Waals surface area contributed by atoms with Crippen LogP contribution >= 0.6 is 23.4 Å². The minimum absolute atomic E-state index is 0.00296. The molecule has 0 bridgehead atoms. The SMILES string of the molecule is CC(SCC(O)CO)C(=O)c1ccc(Cl)cc1. The van der Waals surface area contributed by atoms with E-state index in [0.717, 1.165) is 0 Å². The fourth-order valence-corrected chi connectivity index (χ4v) is 2.26. The molecule has 0 heterocycles. The first kappa shape index (κ1) is 14.5. The number of carbonyl (C=O) groups is 1. The number of thioether (sulfide) groups is 1. The number of hydrogen-bond donors (Lipinski definition) is 2. The first-order chi connectivity index (χ1) is 8.04. The standard InChI is InChI=1S/C12H15ClO3S/c1-8(17-7-11(15)6-14)12(16)9-2-4-10(13)5-3-9/h2-5,8,11,14-15H,6-7H2,1H3. The number of benzene rings is 1. The van der Waals surface area contributed by atoms with Gasteiger partial charge in [0.25, 0.3) is 0 Å². The Morgan fingerprint density at radius 3 is 2.53 bits per heavy atom. The van der Waals surface area contributed by atoms with Crippen LogP contribution in [0, 0.1) is 0 Å². The van der Waals surface area contributed by atoms with Gasteiger partial charge in [-0.1, -0.05) is 11.6 Å². The second-order valence-corrected chi connectivity index (χ2v) is 5.49. The van der Waals surface area contributed by atoms with Gasteiger partial charge < -0.3 is 10.2 Å². The normalized spacial score (nSPS) is 14.4. The van der Waals surface area contributed by atoms with Gasteiger partial charge in [0.2, 0.25) is 0 Å². The molecule has 0 amide bonds. The topological polar surface area (TPSA) is 57.5 Å². The maximum Gasteiger partial charge on any atom is 0.175 e. The molecule has 2 atom stereocenters. The molecule has 1 rings (SSSR count). The van der Waals surface area contributed by atoms with Crippen LogP contribution in [0.25, 0.3) is 0 Å². The smallest absolute Gasteiger partial charge is 0.175 e. The van der Waals surface area contributed by atoms with Crippen LogP contribution in [0.5, 0.6) is 0 Å². The zero-order valence-electron chi connectivity index (χ0n) is 9.47. The zero-order chi connectivity index (χ0) is 12.8. The lowest BCUT2D eigenvalue weighted by Gasteiger charge is -2.12. The summed E-state index contributed by atoms with van der Waals surface area (Å²) in [5, 5.41) is 18.2. The summed E-state index contributed by atoms with van der Waals surface area (Å²) in [7, 11) is 0. The molecule has 0 fully saturated rings. The van der Waals surface area contributed by atoms with Crippen molar-refractivity contribution in [1.29, 1.82) is 0 Å². The number of rotatable bonds is 6. The van der Waals surface area contributed by atoms with E-state index >= 15 is 0 Å². The van der Waals surface area contributed by atoms with Crippen LogP contribution in [-0.4, -0.2) is 39.7 Å². The van der Waals surface area contributed by atoms with Crippen molar-refractivity contribution in [3.63, 3.8) is 0 Å². The van der Waals surface area contributed by atoms with Crippen molar-refractivity contribution in [1.82, 2.24) is 0 Å². The van der Waals surface area contributed by atoms with Crippen molar-refractivity contribution in [2.45, 2.75) is 18.3 Å². The predicted octanol–water partition coefficient (Wildman–Crippen LogP) is 2.00. The van der Waals surface area contributed by atoms with Gasteiger partial charge in [-0.15, -0.1) is 11.8 Å². The Kier molecular flexibility index (Phi) is 5.98. The van der Waals surface area contributed by atoms with Crippen LogP contribution in [0.4, 0.5) is 0 Å². The van der Waals surface area contributed by atoms with Gasteiger partial charge in [0.15, 0.2) is 5.78 Å². The molecule has 0 radical (unpaired) electrons. The van der Waals surface area contributed by atoms with Crippen LogP contribution in [0.3, 0.4) is 0 Å². The van der Waals surface area contributed by atoms with Crippen LogP contribution in [0.15, 0.2) is 24.3 Å². The minimum atomic E-state index is -0.777. The number of Topliss-reactive ketones (excluding diaryl/α,β-unsaturated/α-hetero) is 1. The highest BCUT2D eigenvalue weighted by molar-refractivity contribution is 8.00. The van der Waals surface area contributed by atoms with Crippen molar-refractivity contribution < 1.29 is 15.0 Å². The van der Waals surface area contributed by atoms with E-state index in [9.17, 15) is 9.90 Å². The van der Waals surface area contributed by atoms with Crippen molar-refractivity contribution in [3.05, 3.63) is 34.9 Å². The van der Waals surface area contributed by atoms with Crippen molar-refractivity contribution in [2.75, 3.05) is 12.4 Å². The van der Waals surface area contributed by atoms with Crippen LogP contribution < -0.4 is 0 Å². The van der Waals surface area contributed by atoms with Crippen molar-refractivity contribution in [2.24, 2.45) is 0 Å². The monoisotopic (exact) mass is 274 g/mol. The van der Waals surface area contributed by atoms with Crippen molar-refractivity contribution >= 4 is 29.1 Å². The molecule has 5 heteroatoms. The summed E-state index contributed by atoms with van der Waals surface area (Å²) in [4.78, 5) is 11.9. The third-order valence-corrected chi connectivity index (χ3v) is 3.79. The number of halogens is 1. The third-order valence-electron chi connectivity index (χ3n) is 2.25. The lowest BCUT2D eigenvalue weighted by molar-refractivity contribution is 0.0992. The molecule has 0 aliphatic heterocycles. The highest BCUT2D eigenvalue weighted by atomic mass is 35.5. The number of carbonyl (C=O) groups excluding carboxylic acids is 1. The molecule has 94 valence electrons. The maximum atomic E-state index is 11.9. The first-order valence-corrected chi connectivity index (χ1v) is 6.67. The van der Waals surface area contributed by atoms with E-state index < -0.39 is 6.10 Å². The van der Waals surface area contributed by atoms with E-state index in [1.54, 1.807) is 31.2 Å². The summed E-state index contributed by atoms with van der Waals surface area (Å²) in [5.74, 6) is 0.341. The quantitative estimate of drug-likeness (QED) is 0.779. The molecule has 3 nitrogen and oxygen atoms in total. The first-order valence-electron chi connectivity index (χ1n) is 5.25. The molecule has 0 saturated carbocycles. The fourth-order valence-electron chi connectivity index (χ4n) is 1.23. The Morgan fingerprint density at radius 1 is 1.41 bits per heavy atom. The highest BCUT2D eigenvalue weighted by Gasteiger charge is 2.16. The molecular formula is C12H15ClO3S. The number of hydrogen-bond acceptors (Lipinski definition) is 4. The molecule has 0 aliphatic carbocycles. The zero-order valence-corrected chi connectivity index (χ0v) is 11.0. The maximum absolute atomic E-state index is 11.9. The lowest BCUT2D eigenvalue weighted by Crippen LogP contribution is -2.20. The van der Waals surface area contributed by atoms with Gasteiger partial charge >= 0.3 is 0 Å². The van der Waals surface area contributed by atoms with Gasteiger partial charge in [-0.3, -0.25) is 4.79 Å². The Hall–Kier alpha value is -0.550. The van der Waals surface area contributed by atoms with Gasteiger partial charge in [-0.2, -0.15) is 0 Å². The van der Waals surface area contributed by atoms with E-state index in [4.69, 9.17) is 16.7 Å². The molecule has 0 spiro atoms. The van der Waals surface area contributed by atoms with E-state index in [-0.39, 0.29) is 17.6 Å². The molecule has 2 N–H and O–H groups in total. The predicted molar refractivity (Wildman–Crippen MR) is 70.8 cm³/mol. The number of ketones is 1. The van der Waals surface area contributed by atoms with E-state index in [2.05, 4.69) is 0 Å². The summed E-state index contributed by atoms with van der Waals surface area (Å²) in [6.45, 7) is 1.50. The summed E-state index contributed by atoms with van der Waals surface area (Å²) < 4.78 is 0. The summed E-state index contributed by atoms with van der Waals surface area (Å²) >= 11 is 7.06. The van der Waals surface area contributed by atoms with Crippen LogP contribution in [0.2, 0.25) is 5.02 Å². The fraction of sp³-hybridized carbons (Fsp3) is 0.417. The van der Waals surface area contributed by atoms with Gasteiger partial charge in [-0.05, 0) is 31.2 Å². The molecule has 17 heavy (non-hydrogen) atoms. The average molecular weight is 275 g/mol. The largest absolute Gasteiger partial charge is 0.394 e. The van der Waals surface area contributed by atoms with Gasteiger partial charge in [0.1, 0.15) is 0 Å². The number of aliphatic hydroxyl groups excluding tert-OH is 2. The van der Waals surface area contributed by atoms with Gasteiger partial charge in [-0.25, -0.2) is 0 Å². The Bertz CT molecular complexity index is 367. The molecule has 0 aromatic heterocycles. The number of aliphatic hydroxyl groups is 2. The average Bonchev–Trinajstić information content (AvgIpc) is 2.35. The third kappa shape index (κ3) is 4.68. The summed E-state index contributed by atoms with van der Waals surface area (Å²) in [5.41, 5.74) is 0.605.